The van der Waals surface area contributed by atoms with E-state index in [0.29, 0.717) is 0 Å². The fourth-order valence-corrected chi connectivity index (χ4v) is 3.48. The number of nitrogens with zero attached hydrogens (tertiary/aromatic N) is 1. The van der Waals surface area contributed by atoms with Gasteiger partial charge in [-0.3, -0.25) is 9.69 Å². The first-order valence-corrected chi connectivity index (χ1v) is 6.35. The molecule has 0 radical (unpaired) electrons. The normalized spacial score (nSPS) is 27.9. The van der Waals surface area contributed by atoms with Crippen LogP contribution >= 0.6 is 11.8 Å². The van der Waals surface area contributed by atoms with Crippen molar-refractivity contribution in [2.45, 2.75) is 18.4 Å². The number of hydrogen-bond donors (Lipinski definition) is 3. The lowest BCUT2D eigenvalue weighted by Gasteiger charge is -2.43. The Morgan fingerprint density at radius 2 is 2.33 bits per heavy atom. The summed E-state index contributed by atoms with van der Waals surface area (Å²) in [4.78, 5) is 24.1. The molecular weight excluding hydrogens is 260 g/mol. The molecule has 7 nitrogen and oxygen atoms in total. The number of fused-ring (bicyclic) bond motifs is 1. The molecule has 0 aromatic heterocycles. The molecule has 0 aliphatic carbocycles. The summed E-state index contributed by atoms with van der Waals surface area (Å²) in [6.07, 6.45) is -0.810. The average molecular weight is 274 g/mol. The van der Waals surface area contributed by atoms with Gasteiger partial charge in [-0.25, -0.2) is 4.79 Å². The van der Waals surface area contributed by atoms with E-state index >= 15 is 0 Å². The van der Waals surface area contributed by atoms with Gasteiger partial charge < -0.3 is 20.7 Å². The maximum atomic E-state index is 11.8. The third kappa shape index (κ3) is 1.86. The van der Waals surface area contributed by atoms with Gasteiger partial charge in [0.05, 0.1) is 12.0 Å². The van der Waals surface area contributed by atoms with Crippen LogP contribution in [0.1, 0.15) is 6.92 Å². The lowest BCUT2D eigenvalue weighted by atomic mass is 9.92. The summed E-state index contributed by atoms with van der Waals surface area (Å²) in [6.45, 7) is 1.96. The second kappa shape index (κ2) is 4.79. The maximum absolute atomic E-state index is 11.8. The summed E-state index contributed by atoms with van der Waals surface area (Å²) < 4.78 is 5.24. The Hall–Kier alpha value is -1.25. The molecule has 1 amide bonds. The molecule has 2 aliphatic heterocycles. The van der Waals surface area contributed by atoms with Gasteiger partial charge in [-0.2, -0.15) is 0 Å². The molecule has 2 heterocycles. The van der Waals surface area contributed by atoms with Crippen LogP contribution in [-0.4, -0.2) is 51.6 Å². The molecule has 0 saturated carbocycles. The van der Waals surface area contributed by atoms with Crippen LogP contribution < -0.4 is 5.73 Å². The molecule has 3 atom stereocenters. The summed E-state index contributed by atoms with van der Waals surface area (Å²) >= 11 is 1.14. The van der Waals surface area contributed by atoms with Crippen LogP contribution in [0, 0.1) is 5.92 Å². The summed E-state index contributed by atoms with van der Waals surface area (Å²) in [7, 11) is 0. The van der Waals surface area contributed by atoms with E-state index in [1.165, 1.54) is 6.92 Å². The predicted molar refractivity (Wildman–Crippen MR) is 63.1 cm³/mol. The lowest BCUT2D eigenvalue weighted by Crippen LogP contribution is -2.60. The Kier molecular flexibility index (Phi) is 3.51. The zero-order chi connectivity index (χ0) is 13.4. The molecule has 0 unspecified atom stereocenters. The Balaban J connectivity index is 2.21. The fraction of sp³-hybridized carbons (Fsp3) is 0.600. The number of amides is 1. The molecule has 100 valence electrons. The van der Waals surface area contributed by atoms with Crippen molar-refractivity contribution in [3.8, 4) is 0 Å². The van der Waals surface area contributed by atoms with Gasteiger partial charge in [0.2, 0.25) is 5.91 Å². The zero-order valence-electron chi connectivity index (χ0n) is 9.70. The van der Waals surface area contributed by atoms with E-state index in [0.717, 1.165) is 16.7 Å². The van der Waals surface area contributed by atoms with E-state index in [-0.39, 0.29) is 29.8 Å². The number of carboxylic acid groups (broad SMARTS) is 1. The lowest BCUT2D eigenvalue weighted by molar-refractivity contribution is -0.156. The smallest absolute Gasteiger partial charge is 0.357 e. The van der Waals surface area contributed by atoms with E-state index in [4.69, 9.17) is 15.6 Å². The Morgan fingerprint density at radius 3 is 2.83 bits per heavy atom. The van der Waals surface area contributed by atoms with Crippen LogP contribution in [0.25, 0.3) is 0 Å². The first-order chi connectivity index (χ1) is 8.49. The first kappa shape index (κ1) is 13.2. The van der Waals surface area contributed by atoms with Crippen LogP contribution in [0.4, 0.5) is 0 Å². The molecule has 0 aromatic carbocycles. The molecule has 2 aliphatic rings. The number of β-lactam (4-membered cyclic amide) rings is 1. The molecule has 0 bridgehead atoms. The van der Waals surface area contributed by atoms with Gasteiger partial charge in [0.15, 0.2) is 10.8 Å². The number of rotatable bonds is 5. The zero-order valence-corrected chi connectivity index (χ0v) is 10.5. The molecular formula is C10H14N2O5S. The van der Waals surface area contributed by atoms with E-state index in [1.807, 2.05) is 0 Å². The highest BCUT2D eigenvalue weighted by Gasteiger charge is 2.58. The number of carboxylic acids is 1. The molecule has 8 heteroatoms. The third-order valence-corrected chi connectivity index (χ3v) is 4.09. The molecule has 4 N–H and O–H groups in total. The van der Waals surface area contributed by atoms with Gasteiger partial charge in [0, 0.05) is 6.54 Å². The van der Waals surface area contributed by atoms with E-state index in [1.54, 1.807) is 0 Å². The first-order valence-electron chi connectivity index (χ1n) is 5.47. The third-order valence-electron chi connectivity index (χ3n) is 2.82. The van der Waals surface area contributed by atoms with Gasteiger partial charge in [-0.1, -0.05) is 11.8 Å². The minimum atomic E-state index is -1.21. The number of nitrogens with two attached hydrogens (primary N) is 1. The second-order valence-corrected chi connectivity index (χ2v) is 5.15. The minimum absolute atomic E-state index is 0.152. The van der Waals surface area contributed by atoms with Gasteiger partial charge in [-0.15, -0.1) is 0 Å². The summed E-state index contributed by atoms with van der Waals surface area (Å²) in [5.41, 5.74) is 5.14. The van der Waals surface area contributed by atoms with Crippen molar-refractivity contribution < 1.29 is 24.5 Å². The van der Waals surface area contributed by atoms with Crippen molar-refractivity contribution in [2.24, 2.45) is 11.7 Å². The number of carbonyl (C=O) groups excluding carboxylic acids is 1. The summed E-state index contributed by atoms with van der Waals surface area (Å²) in [6, 6.07) is 0. The Bertz CT molecular complexity index is 422. The summed E-state index contributed by atoms with van der Waals surface area (Å²) in [5, 5.41) is 18.4. The average Bonchev–Trinajstić information content (AvgIpc) is 2.60. The minimum Gasteiger partial charge on any atom is -0.484 e. The molecule has 0 spiro atoms. The SMILES string of the molecule is C[C@@H](O)[C@H]1C(=O)N2C(C(=O)O)=C(OCCN)S[C@H]12. The van der Waals surface area contributed by atoms with Gasteiger partial charge >= 0.3 is 5.97 Å². The van der Waals surface area contributed by atoms with E-state index < -0.39 is 23.4 Å². The van der Waals surface area contributed by atoms with Crippen molar-refractivity contribution in [1.29, 1.82) is 0 Å². The molecule has 1 fully saturated rings. The van der Waals surface area contributed by atoms with Crippen molar-refractivity contribution in [1.82, 2.24) is 4.90 Å². The number of aliphatic hydroxyl groups is 1. The highest BCUT2D eigenvalue weighted by Crippen LogP contribution is 2.50. The number of hydrogen-bond acceptors (Lipinski definition) is 6. The van der Waals surface area contributed by atoms with Crippen molar-refractivity contribution in [3.05, 3.63) is 10.8 Å². The monoisotopic (exact) mass is 274 g/mol. The highest BCUT2D eigenvalue weighted by atomic mass is 32.2. The fourth-order valence-electron chi connectivity index (χ4n) is 2.00. The van der Waals surface area contributed by atoms with Gasteiger partial charge in [0.25, 0.3) is 0 Å². The van der Waals surface area contributed by atoms with Crippen molar-refractivity contribution in [2.75, 3.05) is 13.2 Å². The molecule has 2 rings (SSSR count). The number of aliphatic hydroxyl groups excluding tert-OH is 1. The van der Waals surface area contributed by atoms with Crippen molar-refractivity contribution in [3.63, 3.8) is 0 Å². The Labute approximate surface area is 108 Å². The number of thioether (sulfide) groups is 1. The topological polar surface area (TPSA) is 113 Å². The van der Waals surface area contributed by atoms with Gasteiger partial charge in [0.1, 0.15) is 12.0 Å². The number of aliphatic carboxylic acids is 1. The predicted octanol–water partition coefficient (Wildman–Crippen LogP) is -0.872. The Morgan fingerprint density at radius 1 is 1.67 bits per heavy atom. The maximum Gasteiger partial charge on any atom is 0.357 e. The van der Waals surface area contributed by atoms with Gasteiger partial charge in [-0.05, 0) is 6.92 Å². The number of carbonyl (C=O) groups is 2. The van der Waals surface area contributed by atoms with Crippen LogP contribution in [0.3, 0.4) is 0 Å². The van der Waals surface area contributed by atoms with Crippen LogP contribution in [0.15, 0.2) is 10.8 Å². The van der Waals surface area contributed by atoms with Crippen LogP contribution in [-0.2, 0) is 14.3 Å². The molecule has 1 saturated heterocycles. The summed E-state index contributed by atoms with van der Waals surface area (Å²) in [5.74, 6) is -2.18. The van der Waals surface area contributed by atoms with E-state index in [2.05, 4.69) is 0 Å². The van der Waals surface area contributed by atoms with Crippen LogP contribution in [0.5, 0.6) is 0 Å². The highest BCUT2D eigenvalue weighted by molar-refractivity contribution is 8.03. The quantitative estimate of drug-likeness (QED) is 0.558. The van der Waals surface area contributed by atoms with E-state index in [9.17, 15) is 14.7 Å². The second-order valence-electron chi connectivity index (χ2n) is 4.06. The molecule has 18 heavy (non-hydrogen) atoms. The van der Waals surface area contributed by atoms with Crippen LogP contribution in [0.2, 0.25) is 0 Å². The standard InChI is InChI=1S/C10H14N2O5S/c1-4(13)5-7(14)12-6(9(15)16)10(17-3-2-11)18-8(5)12/h4-5,8,13H,2-3,11H2,1H3,(H,15,16)/t4-,5+,8-/m1/s1. The number of ether oxygens (including phenoxy) is 1. The van der Waals surface area contributed by atoms with Crippen molar-refractivity contribution >= 4 is 23.6 Å². The largest absolute Gasteiger partial charge is 0.484 e. The molecule has 0 aromatic rings.